The first-order valence-corrected chi connectivity index (χ1v) is 5.89. The molecule has 3 rings (SSSR count). The van der Waals surface area contributed by atoms with Gasteiger partial charge in [0, 0.05) is 24.8 Å². The second-order valence-corrected chi connectivity index (χ2v) is 3.58. The Labute approximate surface area is 112 Å². The lowest BCUT2D eigenvalue weighted by Gasteiger charge is -2.02. The molecule has 4 nitrogen and oxygen atoms in total. The summed E-state index contributed by atoms with van der Waals surface area (Å²) in [5.41, 5.74) is 0. The minimum absolute atomic E-state index is 0.807. The largest absolute Gasteiger partial charge is 0.325 e. The minimum atomic E-state index is 0.807. The second-order valence-electron chi connectivity index (χ2n) is 3.58. The van der Waals surface area contributed by atoms with Crippen LogP contribution in [0, 0.1) is 0 Å². The zero-order valence-corrected chi connectivity index (χ0v) is 10.3. The van der Waals surface area contributed by atoms with Crippen molar-refractivity contribution in [1.29, 1.82) is 0 Å². The van der Waals surface area contributed by atoms with Crippen LogP contribution in [-0.2, 0) is 0 Å². The average Bonchev–Trinajstić information content (AvgIpc) is 2.52. The maximum atomic E-state index is 4.12. The maximum absolute atomic E-state index is 4.12. The van der Waals surface area contributed by atoms with Crippen LogP contribution in [0.2, 0.25) is 0 Å². The van der Waals surface area contributed by atoms with Gasteiger partial charge in [-0.2, -0.15) is 0 Å². The summed E-state index contributed by atoms with van der Waals surface area (Å²) in [4.78, 5) is 12.0. The zero-order chi connectivity index (χ0) is 13.2. The van der Waals surface area contributed by atoms with E-state index in [-0.39, 0.29) is 0 Å². The van der Waals surface area contributed by atoms with Crippen molar-refractivity contribution in [1.82, 2.24) is 15.0 Å². The van der Waals surface area contributed by atoms with Gasteiger partial charge in [0.25, 0.3) is 0 Å². The molecule has 0 fully saturated rings. The Bertz CT molecular complexity index is 491. The molecule has 0 bridgehead atoms. The van der Waals surface area contributed by atoms with Gasteiger partial charge in [-0.15, -0.1) is 0 Å². The van der Waals surface area contributed by atoms with Gasteiger partial charge in [0.2, 0.25) is 0 Å². The number of anilines is 2. The third kappa shape index (κ3) is 4.95. The molecule has 94 valence electrons. The molecule has 0 saturated carbocycles. The first-order chi connectivity index (χ1) is 9.45. The van der Waals surface area contributed by atoms with Crippen LogP contribution in [-0.4, -0.2) is 15.0 Å². The number of hydrogen-bond acceptors (Lipinski definition) is 4. The predicted octanol–water partition coefficient (Wildman–Crippen LogP) is 3.30. The predicted molar refractivity (Wildman–Crippen MR) is 76.0 cm³/mol. The van der Waals surface area contributed by atoms with Crippen molar-refractivity contribution in [3.05, 3.63) is 79.4 Å². The quantitative estimate of drug-likeness (QED) is 0.758. The summed E-state index contributed by atoms with van der Waals surface area (Å²) in [6.07, 6.45) is 6.98. The van der Waals surface area contributed by atoms with Crippen molar-refractivity contribution in [2.75, 3.05) is 5.32 Å². The molecular formula is C15H14N4. The van der Waals surface area contributed by atoms with E-state index in [0.29, 0.717) is 0 Å². The molecule has 3 aromatic rings. The number of pyridine rings is 3. The van der Waals surface area contributed by atoms with Gasteiger partial charge in [-0.3, -0.25) is 4.98 Å². The number of rotatable bonds is 2. The first kappa shape index (κ1) is 12.7. The molecule has 4 heteroatoms. The van der Waals surface area contributed by atoms with E-state index < -0.39 is 0 Å². The van der Waals surface area contributed by atoms with Crippen molar-refractivity contribution in [2.45, 2.75) is 0 Å². The number of aromatic nitrogens is 3. The third-order valence-electron chi connectivity index (χ3n) is 2.15. The van der Waals surface area contributed by atoms with Crippen LogP contribution in [0.15, 0.2) is 79.4 Å². The van der Waals surface area contributed by atoms with Gasteiger partial charge in [-0.05, 0) is 36.4 Å². The Hall–Kier alpha value is -2.75. The van der Waals surface area contributed by atoms with Crippen molar-refractivity contribution in [3.8, 4) is 0 Å². The monoisotopic (exact) mass is 250 g/mol. The smallest absolute Gasteiger partial charge is 0.131 e. The lowest BCUT2D eigenvalue weighted by atomic mass is 10.4. The summed E-state index contributed by atoms with van der Waals surface area (Å²) in [6.45, 7) is 0. The van der Waals surface area contributed by atoms with Crippen LogP contribution in [0.5, 0.6) is 0 Å². The van der Waals surface area contributed by atoms with Crippen molar-refractivity contribution in [3.63, 3.8) is 0 Å². The fourth-order valence-electron chi connectivity index (χ4n) is 1.32. The molecule has 0 aliphatic carbocycles. The van der Waals surface area contributed by atoms with E-state index in [2.05, 4.69) is 20.3 Å². The van der Waals surface area contributed by atoms with Gasteiger partial charge in [0.05, 0.1) is 0 Å². The van der Waals surface area contributed by atoms with Gasteiger partial charge < -0.3 is 5.32 Å². The number of nitrogens with one attached hydrogen (secondary N) is 1. The summed E-state index contributed by atoms with van der Waals surface area (Å²) in [6, 6.07) is 17.1. The first-order valence-electron chi connectivity index (χ1n) is 5.89. The summed E-state index contributed by atoms with van der Waals surface area (Å²) in [5.74, 6) is 1.61. The molecule has 19 heavy (non-hydrogen) atoms. The van der Waals surface area contributed by atoms with Crippen LogP contribution >= 0.6 is 0 Å². The Balaban J connectivity index is 0.000000186. The lowest BCUT2D eigenvalue weighted by Crippen LogP contribution is -1.93. The molecule has 1 N–H and O–H groups in total. The zero-order valence-electron chi connectivity index (χ0n) is 10.3. The van der Waals surface area contributed by atoms with E-state index in [4.69, 9.17) is 0 Å². The molecule has 0 atom stereocenters. The maximum Gasteiger partial charge on any atom is 0.131 e. The van der Waals surface area contributed by atoms with E-state index in [1.54, 1.807) is 24.8 Å². The molecule has 0 aromatic carbocycles. The normalized spacial score (nSPS) is 9.05. The fourth-order valence-corrected chi connectivity index (χ4v) is 1.32. The average molecular weight is 250 g/mol. The fraction of sp³-hybridized carbons (Fsp3) is 0. The second kappa shape index (κ2) is 7.55. The molecule has 0 aliphatic rings. The third-order valence-corrected chi connectivity index (χ3v) is 2.15. The molecule has 0 aliphatic heterocycles. The van der Waals surface area contributed by atoms with Gasteiger partial charge in [0.15, 0.2) is 0 Å². The number of hydrogen-bond donors (Lipinski definition) is 1. The molecule has 0 spiro atoms. The Kier molecular flexibility index (Phi) is 5.05. The van der Waals surface area contributed by atoms with Crippen LogP contribution in [0.4, 0.5) is 11.6 Å². The van der Waals surface area contributed by atoms with Gasteiger partial charge in [-0.25, -0.2) is 9.97 Å². The van der Waals surface area contributed by atoms with E-state index in [0.717, 1.165) is 11.6 Å². The molecule has 0 amide bonds. The van der Waals surface area contributed by atoms with Gasteiger partial charge in [0.1, 0.15) is 11.6 Å². The molecule has 0 saturated heterocycles. The van der Waals surface area contributed by atoms with Crippen molar-refractivity contribution < 1.29 is 0 Å². The summed E-state index contributed by atoms with van der Waals surface area (Å²) in [5, 5.41) is 3.08. The highest BCUT2D eigenvalue weighted by molar-refractivity contribution is 5.50. The summed E-state index contributed by atoms with van der Waals surface area (Å²) in [7, 11) is 0. The van der Waals surface area contributed by atoms with Gasteiger partial charge in [-0.1, -0.05) is 18.2 Å². The van der Waals surface area contributed by atoms with E-state index in [9.17, 15) is 0 Å². The van der Waals surface area contributed by atoms with E-state index >= 15 is 0 Å². The molecule has 3 aromatic heterocycles. The molecule has 0 radical (unpaired) electrons. The summed E-state index contributed by atoms with van der Waals surface area (Å²) < 4.78 is 0. The van der Waals surface area contributed by atoms with Crippen LogP contribution in [0.25, 0.3) is 0 Å². The Morgan fingerprint density at radius 3 is 1.42 bits per heavy atom. The Morgan fingerprint density at radius 1 is 0.579 bits per heavy atom. The van der Waals surface area contributed by atoms with Crippen molar-refractivity contribution in [2.24, 2.45) is 0 Å². The summed E-state index contributed by atoms with van der Waals surface area (Å²) >= 11 is 0. The SMILES string of the molecule is c1ccc(Nc2ccccn2)nc1.c1ccncc1. The highest BCUT2D eigenvalue weighted by atomic mass is 15.0. The molecular weight excluding hydrogens is 236 g/mol. The van der Waals surface area contributed by atoms with Crippen LogP contribution in [0.1, 0.15) is 0 Å². The van der Waals surface area contributed by atoms with Crippen LogP contribution in [0.3, 0.4) is 0 Å². The molecule has 3 heterocycles. The van der Waals surface area contributed by atoms with Gasteiger partial charge >= 0.3 is 0 Å². The lowest BCUT2D eigenvalue weighted by molar-refractivity contribution is 1.25. The minimum Gasteiger partial charge on any atom is -0.325 e. The van der Waals surface area contributed by atoms with Crippen molar-refractivity contribution >= 4 is 11.6 Å². The highest BCUT2D eigenvalue weighted by Crippen LogP contribution is 2.08. The van der Waals surface area contributed by atoms with E-state index in [1.807, 2.05) is 54.6 Å². The standard InChI is InChI=1S/C10H9N3.C5H5N/c1-3-7-11-9(5-1)13-10-6-2-4-8-12-10;1-2-4-6-5-3-1/h1-8H,(H,11,12,13);1-5H. The Morgan fingerprint density at radius 2 is 1.11 bits per heavy atom. The molecule has 0 unspecified atom stereocenters. The number of nitrogens with zero attached hydrogens (tertiary/aromatic N) is 3. The van der Waals surface area contributed by atoms with E-state index in [1.165, 1.54) is 0 Å². The topological polar surface area (TPSA) is 50.7 Å². The highest BCUT2D eigenvalue weighted by Gasteiger charge is 1.92. The van der Waals surface area contributed by atoms with Crippen LogP contribution < -0.4 is 5.32 Å².